The molecular weight excluding hydrogens is 158 g/mol. The third-order valence-corrected chi connectivity index (χ3v) is 2.93. The van der Waals surface area contributed by atoms with Crippen LogP contribution in [0.15, 0.2) is 0 Å². The smallest absolute Gasteiger partial charge is 0.207 e. The van der Waals surface area contributed by atoms with E-state index in [1.165, 1.54) is 12.8 Å². The van der Waals surface area contributed by atoms with Crippen molar-refractivity contribution in [2.75, 3.05) is 0 Å². The number of halogens is 2. The van der Waals surface area contributed by atoms with Gasteiger partial charge in [0, 0.05) is 12.8 Å². The summed E-state index contributed by atoms with van der Waals surface area (Å²) in [6.45, 7) is 4.00. The van der Waals surface area contributed by atoms with Gasteiger partial charge in [0.25, 0.3) is 0 Å². The molecule has 0 nitrogen and oxygen atoms in total. The van der Waals surface area contributed by atoms with E-state index < -0.39 is 5.92 Å². The number of hydrogen-bond donors (Lipinski definition) is 0. The third kappa shape index (κ3) is 1.78. The van der Waals surface area contributed by atoms with Crippen molar-refractivity contribution >= 4 is 0 Å². The van der Waals surface area contributed by atoms with Crippen molar-refractivity contribution in [3.05, 3.63) is 0 Å². The Morgan fingerprint density at radius 2 is 1.33 bits per heavy atom. The lowest BCUT2D eigenvalue weighted by Gasteiger charge is -2.44. The van der Waals surface area contributed by atoms with Crippen molar-refractivity contribution in [2.45, 2.75) is 58.3 Å². The van der Waals surface area contributed by atoms with E-state index in [4.69, 9.17) is 0 Å². The average molecular weight is 176 g/mol. The van der Waals surface area contributed by atoms with E-state index in [0.29, 0.717) is 0 Å². The second-order valence-electron chi connectivity index (χ2n) is 3.92. The van der Waals surface area contributed by atoms with Gasteiger partial charge >= 0.3 is 0 Å². The Morgan fingerprint density at radius 1 is 0.917 bits per heavy atom. The topological polar surface area (TPSA) is 0 Å². The van der Waals surface area contributed by atoms with Crippen LogP contribution in [0.3, 0.4) is 0 Å². The lowest BCUT2D eigenvalue weighted by Crippen LogP contribution is -2.44. The lowest BCUT2D eigenvalue weighted by molar-refractivity contribution is -0.158. The molecule has 2 heteroatoms. The molecule has 0 unspecified atom stereocenters. The minimum atomic E-state index is -2.30. The number of hydrogen-bond acceptors (Lipinski definition) is 0. The molecule has 0 aromatic heterocycles. The summed E-state index contributed by atoms with van der Waals surface area (Å²) in [5, 5.41) is 0. The van der Waals surface area contributed by atoms with Gasteiger partial charge in [0.2, 0.25) is 5.92 Å². The molecule has 0 N–H and O–H groups in total. The normalized spacial score (nSPS) is 29.0. The minimum Gasteiger partial charge on any atom is -0.207 e. The van der Waals surface area contributed by atoms with E-state index in [0.717, 1.165) is 12.8 Å². The Balaban J connectivity index is 0.000000336. The molecule has 2 fully saturated rings. The van der Waals surface area contributed by atoms with Crippen LogP contribution in [0, 0.1) is 5.41 Å². The maximum absolute atomic E-state index is 12.4. The quantitative estimate of drug-likeness (QED) is 0.523. The van der Waals surface area contributed by atoms with Crippen molar-refractivity contribution in [3.63, 3.8) is 0 Å². The first-order valence-electron chi connectivity index (χ1n) is 5.00. The van der Waals surface area contributed by atoms with E-state index in [1.54, 1.807) is 0 Å². The molecule has 2 rings (SSSR count). The van der Waals surface area contributed by atoms with Gasteiger partial charge in [-0.15, -0.1) is 0 Å². The molecule has 1 spiro atoms. The predicted molar refractivity (Wildman–Crippen MR) is 46.4 cm³/mol. The van der Waals surface area contributed by atoms with E-state index >= 15 is 0 Å². The molecule has 2 saturated carbocycles. The van der Waals surface area contributed by atoms with Crippen LogP contribution in [0.5, 0.6) is 0 Å². The summed E-state index contributed by atoms with van der Waals surface area (Å²) in [6, 6.07) is 0. The van der Waals surface area contributed by atoms with Crippen LogP contribution in [0.4, 0.5) is 8.78 Å². The van der Waals surface area contributed by atoms with Crippen molar-refractivity contribution in [2.24, 2.45) is 5.41 Å². The van der Waals surface area contributed by atoms with Crippen LogP contribution in [-0.2, 0) is 0 Å². The Morgan fingerprint density at radius 3 is 1.67 bits per heavy atom. The summed E-state index contributed by atoms with van der Waals surface area (Å²) >= 11 is 0. The molecule has 2 aliphatic carbocycles. The van der Waals surface area contributed by atoms with Gasteiger partial charge in [0.1, 0.15) is 0 Å². The van der Waals surface area contributed by atoms with Crippen LogP contribution >= 0.6 is 0 Å². The zero-order chi connectivity index (χ0) is 9.24. The molecule has 0 atom stereocenters. The summed E-state index contributed by atoms with van der Waals surface area (Å²) in [6.07, 6.45) is 4.83. The Kier molecular flexibility index (Phi) is 2.74. The van der Waals surface area contributed by atoms with Gasteiger partial charge in [-0.2, -0.15) is 0 Å². The zero-order valence-corrected chi connectivity index (χ0v) is 8.00. The van der Waals surface area contributed by atoms with Crippen LogP contribution < -0.4 is 0 Å². The van der Waals surface area contributed by atoms with E-state index in [2.05, 4.69) is 0 Å². The highest BCUT2D eigenvalue weighted by atomic mass is 19.3. The highest BCUT2D eigenvalue weighted by Crippen LogP contribution is 2.60. The molecule has 12 heavy (non-hydrogen) atoms. The molecule has 0 aliphatic heterocycles. The van der Waals surface area contributed by atoms with E-state index in [-0.39, 0.29) is 18.3 Å². The largest absolute Gasteiger partial charge is 0.249 e. The molecule has 0 aromatic carbocycles. The lowest BCUT2D eigenvalue weighted by atomic mass is 9.65. The monoisotopic (exact) mass is 176 g/mol. The fourth-order valence-corrected chi connectivity index (χ4v) is 2.52. The fraction of sp³-hybridized carbons (Fsp3) is 1.00. The molecule has 0 radical (unpaired) electrons. The first-order chi connectivity index (χ1) is 5.62. The molecule has 0 bridgehead atoms. The van der Waals surface area contributed by atoms with Crippen LogP contribution in [-0.4, -0.2) is 5.92 Å². The second kappa shape index (κ2) is 3.31. The number of rotatable bonds is 0. The second-order valence-corrected chi connectivity index (χ2v) is 3.92. The average Bonchev–Trinajstić information content (AvgIpc) is 2.38. The molecule has 0 aromatic rings. The summed E-state index contributed by atoms with van der Waals surface area (Å²) < 4.78 is 24.9. The van der Waals surface area contributed by atoms with Crippen molar-refractivity contribution in [3.8, 4) is 0 Å². The Labute approximate surface area is 73.3 Å². The molecular formula is C10H18F2. The van der Waals surface area contributed by atoms with Crippen LogP contribution in [0.2, 0.25) is 0 Å². The highest BCUT2D eigenvalue weighted by Gasteiger charge is 2.56. The first-order valence-corrected chi connectivity index (χ1v) is 5.00. The van der Waals surface area contributed by atoms with Crippen molar-refractivity contribution in [1.82, 2.24) is 0 Å². The van der Waals surface area contributed by atoms with Gasteiger partial charge in [-0.1, -0.05) is 26.7 Å². The summed E-state index contributed by atoms with van der Waals surface area (Å²) in [5.41, 5.74) is 0.101. The molecule has 72 valence electrons. The van der Waals surface area contributed by atoms with Gasteiger partial charge in [-0.25, -0.2) is 8.78 Å². The SMILES string of the molecule is CC.FC1(F)CC2(CCCC2)C1. The van der Waals surface area contributed by atoms with Gasteiger partial charge in [-0.05, 0) is 18.3 Å². The third-order valence-electron chi connectivity index (χ3n) is 2.93. The maximum Gasteiger partial charge on any atom is 0.249 e. The van der Waals surface area contributed by atoms with E-state index in [1.807, 2.05) is 13.8 Å². The standard InChI is InChI=1S/C8H12F2.C2H6/c9-8(10)5-7(6-8)3-1-2-4-7;1-2/h1-6H2;1-2H3. The fourth-order valence-electron chi connectivity index (χ4n) is 2.52. The summed E-state index contributed by atoms with van der Waals surface area (Å²) in [5.74, 6) is -2.30. The predicted octanol–water partition coefficient (Wildman–Crippen LogP) is 4.00. The Hall–Kier alpha value is -0.140. The summed E-state index contributed by atoms with van der Waals surface area (Å²) in [7, 11) is 0. The van der Waals surface area contributed by atoms with Gasteiger partial charge in [0.15, 0.2) is 0 Å². The highest BCUT2D eigenvalue weighted by molar-refractivity contribution is 5.00. The van der Waals surface area contributed by atoms with Crippen LogP contribution in [0.25, 0.3) is 0 Å². The van der Waals surface area contributed by atoms with Crippen molar-refractivity contribution < 1.29 is 8.78 Å². The first kappa shape index (κ1) is 9.94. The molecule has 0 heterocycles. The zero-order valence-electron chi connectivity index (χ0n) is 8.00. The number of alkyl halides is 2. The van der Waals surface area contributed by atoms with Crippen molar-refractivity contribution in [1.29, 1.82) is 0 Å². The summed E-state index contributed by atoms with van der Waals surface area (Å²) in [4.78, 5) is 0. The van der Waals surface area contributed by atoms with Gasteiger partial charge < -0.3 is 0 Å². The molecule has 0 amide bonds. The minimum absolute atomic E-state index is 0.101. The molecule has 0 saturated heterocycles. The van der Waals surface area contributed by atoms with E-state index in [9.17, 15) is 8.78 Å². The van der Waals surface area contributed by atoms with Crippen LogP contribution in [0.1, 0.15) is 52.4 Å². The molecule has 2 aliphatic rings. The van der Waals surface area contributed by atoms with Gasteiger partial charge in [0.05, 0.1) is 0 Å². The Bertz CT molecular complexity index is 136. The van der Waals surface area contributed by atoms with Gasteiger partial charge in [-0.3, -0.25) is 0 Å². The maximum atomic E-state index is 12.4.